The molecule has 6 rings (SSSR count). The van der Waals surface area contributed by atoms with Crippen LogP contribution >= 0.6 is 0 Å². The highest BCUT2D eigenvalue weighted by molar-refractivity contribution is 5.80. The molecule has 0 spiro atoms. The molecular formula is C28H30N2O5. The first-order chi connectivity index (χ1) is 17.0. The largest absolute Gasteiger partial charge is 0.481 e. The standard InChI is InChI=1S/C28H30N2O5/c31-25(30-13-21-22(14-30)26(21)27(32)33)12-16-6-5-11-24(16)29-28(34)35-15-23-19-9-3-1-7-17(19)18-8-2-4-10-20(18)23/h1-4,7-10,16,21-24,26H,5-6,11-15H2,(H,29,34)(H,32,33)/t16-,21?,22?,24+,26?/m0/s1. The minimum absolute atomic E-state index is 0.0188. The summed E-state index contributed by atoms with van der Waals surface area (Å²) in [6.07, 6.45) is 2.68. The Bertz CT molecular complexity index is 1120. The van der Waals surface area contributed by atoms with Crippen LogP contribution in [0, 0.1) is 23.7 Å². The molecule has 1 saturated heterocycles. The molecule has 7 heteroatoms. The van der Waals surface area contributed by atoms with Gasteiger partial charge in [-0.25, -0.2) is 4.79 Å². The molecule has 35 heavy (non-hydrogen) atoms. The first-order valence-corrected chi connectivity index (χ1v) is 12.6. The molecule has 7 nitrogen and oxygen atoms in total. The van der Waals surface area contributed by atoms with Crippen molar-refractivity contribution in [2.75, 3.05) is 19.7 Å². The molecule has 4 aliphatic rings. The van der Waals surface area contributed by atoms with Gasteiger partial charge in [0, 0.05) is 31.5 Å². The van der Waals surface area contributed by atoms with Gasteiger partial charge >= 0.3 is 12.1 Å². The monoisotopic (exact) mass is 474 g/mol. The highest BCUT2D eigenvalue weighted by Crippen LogP contribution is 2.52. The number of fused-ring (bicyclic) bond motifs is 4. The number of ether oxygens (including phenoxy) is 1. The molecule has 1 aliphatic heterocycles. The van der Waals surface area contributed by atoms with E-state index in [0.29, 0.717) is 19.5 Å². The molecule has 4 atom stereocenters. The zero-order valence-electron chi connectivity index (χ0n) is 19.6. The third-order valence-electron chi connectivity index (χ3n) is 8.57. The second-order valence-corrected chi connectivity index (χ2v) is 10.5. The quantitative estimate of drug-likeness (QED) is 0.663. The average molecular weight is 475 g/mol. The summed E-state index contributed by atoms with van der Waals surface area (Å²) in [6.45, 7) is 1.38. The second-order valence-electron chi connectivity index (χ2n) is 10.5. The smallest absolute Gasteiger partial charge is 0.407 e. The van der Waals surface area contributed by atoms with Crippen LogP contribution in [0.4, 0.5) is 4.79 Å². The van der Waals surface area contributed by atoms with Gasteiger partial charge in [0.05, 0.1) is 5.92 Å². The molecule has 2 N–H and O–H groups in total. The number of carbonyl (C=O) groups is 3. The minimum atomic E-state index is -0.741. The van der Waals surface area contributed by atoms with Crippen LogP contribution in [0.2, 0.25) is 0 Å². The first kappa shape index (κ1) is 22.1. The molecule has 2 saturated carbocycles. The molecule has 2 amide bonds. The van der Waals surface area contributed by atoms with E-state index in [1.807, 2.05) is 29.2 Å². The fourth-order valence-corrected chi connectivity index (χ4v) is 6.71. The maximum absolute atomic E-state index is 12.8. The highest BCUT2D eigenvalue weighted by Gasteiger charge is 2.60. The zero-order chi connectivity index (χ0) is 24.1. The lowest BCUT2D eigenvalue weighted by Gasteiger charge is -2.25. The van der Waals surface area contributed by atoms with E-state index in [4.69, 9.17) is 4.74 Å². The fourth-order valence-electron chi connectivity index (χ4n) is 6.71. The number of carbonyl (C=O) groups excluding carboxylic acids is 2. The van der Waals surface area contributed by atoms with Crippen molar-refractivity contribution in [3.05, 3.63) is 59.7 Å². The van der Waals surface area contributed by atoms with Crippen molar-refractivity contribution < 1.29 is 24.2 Å². The number of rotatable bonds is 6. The normalized spacial score (nSPS) is 28.2. The highest BCUT2D eigenvalue weighted by atomic mass is 16.5. The van der Waals surface area contributed by atoms with Gasteiger partial charge in [-0.1, -0.05) is 55.0 Å². The Balaban J connectivity index is 1.03. The number of piperidine rings is 1. The Labute approximate surface area is 204 Å². The lowest BCUT2D eigenvalue weighted by Crippen LogP contribution is -2.41. The van der Waals surface area contributed by atoms with Crippen LogP contribution in [0.15, 0.2) is 48.5 Å². The topological polar surface area (TPSA) is 95.9 Å². The SMILES string of the molecule is O=C(N[C@@H]1CCC[C@H]1CC(=O)N1CC2C(C1)C2C(=O)O)OCC1c2ccccc2-c2ccccc21. The number of hydrogen-bond acceptors (Lipinski definition) is 4. The van der Waals surface area contributed by atoms with Crippen molar-refractivity contribution in [1.82, 2.24) is 10.2 Å². The lowest BCUT2D eigenvalue weighted by molar-refractivity contribution is -0.141. The third kappa shape index (κ3) is 3.97. The summed E-state index contributed by atoms with van der Waals surface area (Å²) in [4.78, 5) is 38.6. The van der Waals surface area contributed by atoms with Crippen molar-refractivity contribution in [2.45, 2.75) is 37.6 Å². The summed E-state index contributed by atoms with van der Waals surface area (Å²) < 4.78 is 5.71. The van der Waals surface area contributed by atoms with Crippen LogP contribution in [0.25, 0.3) is 11.1 Å². The molecule has 3 aliphatic carbocycles. The van der Waals surface area contributed by atoms with Crippen molar-refractivity contribution in [3.8, 4) is 11.1 Å². The van der Waals surface area contributed by atoms with E-state index in [-0.39, 0.29) is 48.1 Å². The van der Waals surface area contributed by atoms with Crippen molar-refractivity contribution in [1.29, 1.82) is 0 Å². The number of carboxylic acids is 1. The van der Waals surface area contributed by atoms with Crippen molar-refractivity contribution in [2.24, 2.45) is 23.7 Å². The van der Waals surface area contributed by atoms with E-state index < -0.39 is 12.1 Å². The molecule has 3 fully saturated rings. The van der Waals surface area contributed by atoms with Crippen molar-refractivity contribution >= 4 is 18.0 Å². The van der Waals surface area contributed by atoms with E-state index in [1.165, 1.54) is 22.3 Å². The number of benzene rings is 2. The van der Waals surface area contributed by atoms with Crippen molar-refractivity contribution in [3.63, 3.8) is 0 Å². The Morgan fingerprint density at radius 1 is 0.943 bits per heavy atom. The predicted octanol–water partition coefficient (Wildman–Crippen LogP) is 3.87. The van der Waals surface area contributed by atoms with Gasteiger partial charge in [0.2, 0.25) is 5.91 Å². The maximum atomic E-state index is 12.8. The summed E-state index contributed by atoms with van der Waals surface area (Å²) in [5, 5.41) is 12.2. The molecule has 2 aromatic carbocycles. The van der Waals surface area contributed by atoms with Gasteiger partial charge < -0.3 is 20.1 Å². The summed E-state index contributed by atoms with van der Waals surface area (Å²) in [5.41, 5.74) is 4.75. The van der Waals surface area contributed by atoms with Gasteiger partial charge in [0.1, 0.15) is 6.61 Å². The molecule has 0 radical (unpaired) electrons. The number of nitrogens with one attached hydrogen (secondary N) is 1. The Morgan fingerprint density at radius 3 is 2.20 bits per heavy atom. The number of amides is 2. The maximum Gasteiger partial charge on any atom is 0.407 e. The van der Waals surface area contributed by atoms with Crippen LogP contribution in [-0.2, 0) is 14.3 Å². The number of alkyl carbamates (subject to hydrolysis) is 1. The third-order valence-corrected chi connectivity index (χ3v) is 8.57. The number of likely N-dealkylation sites (tertiary alicyclic amines) is 1. The van der Waals surface area contributed by atoms with Crippen LogP contribution in [-0.4, -0.2) is 53.7 Å². The number of carboxylic acid groups (broad SMARTS) is 1. The van der Waals surface area contributed by atoms with E-state index in [1.54, 1.807) is 0 Å². The number of nitrogens with zero attached hydrogens (tertiary/aromatic N) is 1. The number of hydrogen-bond donors (Lipinski definition) is 2. The molecule has 2 unspecified atom stereocenters. The summed E-state index contributed by atoms with van der Waals surface area (Å²) in [5.74, 6) is -0.582. The predicted molar refractivity (Wildman–Crippen MR) is 129 cm³/mol. The van der Waals surface area contributed by atoms with E-state index in [0.717, 1.165) is 19.3 Å². The summed E-state index contributed by atoms with van der Waals surface area (Å²) in [6, 6.07) is 16.4. The van der Waals surface area contributed by atoms with E-state index in [9.17, 15) is 19.5 Å². The van der Waals surface area contributed by atoms with Crippen LogP contribution in [0.1, 0.15) is 42.7 Å². The first-order valence-electron chi connectivity index (χ1n) is 12.6. The Kier molecular flexibility index (Phi) is 5.50. The lowest BCUT2D eigenvalue weighted by atomic mass is 9.98. The van der Waals surface area contributed by atoms with Crippen LogP contribution in [0.3, 0.4) is 0 Å². The molecule has 0 bridgehead atoms. The van der Waals surface area contributed by atoms with Gasteiger partial charge in [0.25, 0.3) is 0 Å². The molecule has 2 aromatic rings. The van der Waals surface area contributed by atoms with Gasteiger partial charge in [-0.2, -0.15) is 0 Å². The molecular weight excluding hydrogens is 444 g/mol. The Hall–Kier alpha value is -3.35. The summed E-state index contributed by atoms with van der Waals surface area (Å²) in [7, 11) is 0. The number of aliphatic carboxylic acids is 1. The second kappa shape index (κ2) is 8.70. The average Bonchev–Trinajstić information content (AvgIpc) is 3.17. The Morgan fingerprint density at radius 2 is 1.57 bits per heavy atom. The van der Waals surface area contributed by atoms with Crippen LogP contribution in [0.5, 0.6) is 0 Å². The molecule has 182 valence electrons. The minimum Gasteiger partial charge on any atom is -0.481 e. The molecule has 0 aromatic heterocycles. The van der Waals surface area contributed by atoms with Gasteiger partial charge in [0.15, 0.2) is 0 Å². The zero-order valence-corrected chi connectivity index (χ0v) is 19.6. The van der Waals surface area contributed by atoms with Gasteiger partial charge in [-0.3, -0.25) is 9.59 Å². The van der Waals surface area contributed by atoms with Gasteiger partial charge in [-0.05, 0) is 52.8 Å². The van der Waals surface area contributed by atoms with E-state index >= 15 is 0 Å². The molecule has 1 heterocycles. The van der Waals surface area contributed by atoms with Crippen LogP contribution < -0.4 is 5.32 Å². The fraction of sp³-hybridized carbons (Fsp3) is 0.464. The van der Waals surface area contributed by atoms with E-state index in [2.05, 4.69) is 29.6 Å². The summed E-state index contributed by atoms with van der Waals surface area (Å²) >= 11 is 0. The van der Waals surface area contributed by atoms with Gasteiger partial charge in [-0.15, -0.1) is 0 Å².